The Bertz CT molecular complexity index is 759. The van der Waals surface area contributed by atoms with E-state index >= 15 is 0 Å². The number of fused-ring (bicyclic) bond motifs is 3. The van der Waals surface area contributed by atoms with Gasteiger partial charge in [0.1, 0.15) is 6.54 Å². The van der Waals surface area contributed by atoms with Crippen LogP contribution in [0.4, 0.5) is 0 Å². The molecule has 4 heteroatoms. The summed E-state index contributed by atoms with van der Waals surface area (Å²) in [6.07, 6.45) is 2.15. The Kier molecular flexibility index (Phi) is 2.91. The summed E-state index contributed by atoms with van der Waals surface area (Å²) in [6.45, 7) is 1.01. The molecule has 0 radical (unpaired) electrons. The van der Waals surface area contributed by atoms with Gasteiger partial charge in [-0.1, -0.05) is 23.7 Å². The van der Waals surface area contributed by atoms with Crippen molar-refractivity contribution in [3.05, 3.63) is 75.2 Å². The molecule has 0 fully saturated rings. The van der Waals surface area contributed by atoms with Crippen LogP contribution in [0.1, 0.15) is 22.2 Å². The topological polar surface area (TPSA) is 21.5 Å². The molecule has 0 amide bonds. The summed E-state index contributed by atoms with van der Waals surface area (Å²) in [4.78, 5) is 1.42. The van der Waals surface area contributed by atoms with Gasteiger partial charge >= 0.3 is 0 Å². The number of nitrogens with two attached hydrogens (primary N) is 1. The molecule has 2 nitrogen and oxygen atoms in total. The Hall–Kier alpha value is -1.55. The summed E-state index contributed by atoms with van der Waals surface area (Å²) in [6, 6.07) is 15.0. The second-order valence-corrected chi connectivity index (χ2v) is 6.44. The first-order valence-corrected chi connectivity index (χ1v) is 7.91. The number of halogens is 1. The molecule has 0 aliphatic carbocycles. The second kappa shape index (κ2) is 4.77. The molecule has 2 N–H and O–H groups in total. The summed E-state index contributed by atoms with van der Waals surface area (Å²) in [5.41, 5.74) is 3.88. The maximum Gasteiger partial charge on any atom is 0.153 e. The van der Waals surface area contributed by atoms with Gasteiger partial charge in [0.15, 0.2) is 6.04 Å². The molecule has 0 spiro atoms. The molecule has 3 heterocycles. The average Bonchev–Trinajstić information content (AvgIpc) is 3.06. The zero-order valence-corrected chi connectivity index (χ0v) is 12.4. The molecule has 2 aromatic heterocycles. The van der Waals surface area contributed by atoms with Crippen molar-refractivity contribution in [2.75, 3.05) is 0 Å². The molecule has 3 aromatic rings. The summed E-state index contributed by atoms with van der Waals surface area (Å²) in [5, 5.41) is 5.36. The van der Waals surface area contributed by atoms with Crippen LogP contribution in [0.25, 0.3) is 5.69 Å². The maximum absolute atomic E-state index is 6.16. The van der Waals surface area contributed by atoms with Gasteiger partial charge in [-0.05, 0) is 35.7 Å². The van der Waals surface area contributed by atoms with Crippen LogP contribution in [0.3, 0.4) is 0 Å². The van der Waals surface area contributed by atoms with Crippen LogP contribution in [0.15, 0.2) is 54.0 Å². The number of hydrogen-bond acceptors (Lipinski definition) is 1. The summed E-state index contributed by atoms with van der Waals surface area (Å²) in [7, 11) is 0. The van der Waals surface area contributed by atoms with E-state index in [9.17, 15) is 0 Å². The van der Waals surface area contributed by atoms with Crippen LogP contribution >= 0.6 is 22.9 Å². The normalized spacial score (nSPS) is 17.4. The molecule has 0 saturated heterocycles. The minimum Gasteiger partial charge on any atom is -0.331 e. The van der Waals surface area contributed by atoms with E-state index in [-0.39, 0.29) is 0 Å². The van der Waals surface area contributed by atoms with E-state index in [0.29, 0.717) is 6.04 Å². The molecule has 100 valence electrons. The number of aromatic nitrogens is 1. The van der Waals surface area contributed by atoms with Gasteiger partial charge in [-0.2, -0.15) is 0 Å². The summed E-state index contributed by atoms with van der Waals surface area (Å²) < 4.78 is 2.31. The monoisotopic (exact) mass is 301 g/mol. The van der Waals surface area contributed by atoms with E-state index in [2.05, 4.69) is 51.8 Å². The lowest BCUT2D eigenvalue weighted by molar-refractivity contribution is -0.701. The van der Waals surface area contributed by atoms with E-state index in [1.807, 2.05) is 23.5 Å². The van der Waals surface area contributed by atoms with Gasteiger partial charge in [-0.15, -0.1) is 11.3 Å². The molecule has 1 unspecified atom stereocenters. The van der Waals surface area contributed by atoms with Gasteiger partial charge in [0.25, 0.3) is 0 Å². The molecule has 0 saturated carbocycles. The predicted molar refractivity (Wildman–Crippen MR) is 82.6 cm³/mol. The maximum atomic E-state index is 6.16. The van der Waals surface area contributed by atoms with Crippen LogP contribution < -0.4 is 5.32 Å². The Morgan fingerprint density at radius 1 is 1.20 bits per heavy atom. The molecule has 20 heavy (non-hydrogen) atoms. The van der Waals surface area contributed by atoms with E-state index in [1.54, 1.807) is 0 Å². The molecule has 0 bridgehead atoms. The highest BCUT2D eigenvalue weighted by molar-refractivity contribution is 7.10. The second-order valence-electron chi connectivity index (χ2n) is 5.00. The number of nitrogens with zero attached hydrogens (tertiary/aromatic N) is 1. The molecule has 1 aromatic carbocycles. The quantitative estimate of drug-likeness (QED) is 0.712. The van der Waals surface area contributed by atoms with E-state index < -0.39 is 0 Å². The minimum atomic E-state index is 0.295. The highest BCUT2D eigenvalue weighted by Crippen LogP contribution is 2.30. The fraction of sp³-hybridized carbons (Fsp3) is 0.125. The predicted octanol–water partition coefficient (Wildman–Crippen LogP) is 3.36. The molecule has 4 rings (SSSR count). The number of rotatable bonds is 1. The van der Waals surface area contributed by atoms with Gasteiger partial charge in [-0.3, -0.25) is 0 Å². The molecular formula is C16H14ClN2S+. The lowest BCUT2D eigenvalue weighted by atomic mass is 10.0. The Labute approximate surface area is 126 Å². The number of quaternary nitrogens is 1. The van der Waals surface area contributed by atoms with Crippen molar-refractivity contribution in [1.82, 2.24) is 4.57 Å². The Morgan fingerprint density at radius 3 is 3.05 bits per heavy atom. The minimum absolute atomic E-state index is 0.295. The van der Waals surface area contributed by atoms with Crippen molar-refractivity contribution < 1.29 is 5.32 Å². The summed E-state index contributed by atoms with van der Waals surface area (Å²) >= 11 is 7.98. The average molecular weight is 302 g/mol. The van der Waals surface area contributed by atoms with Crippen LogP contribution in [0.2, 0.25) is 5.02 Å². The third kappa shape index (κ3) is 1.90. The number of thiophene rings is 1. The number of hydrogen-bond donors (Lipinski definition) is 1. The van der Waals surface area contributed by atoms with E-state index in [4.69, 9.17) is 11.6 Å². The van der Waals surface area contributed by atoms with Crippen LogP contribution in [-0.2, 0) is 6.54 Å². The Balaban J connectivity index is 1.87. The number of benzene rings is 1. The lowest BCUT2D eigenvalue weighted by Crippen LogP contribution is -2.83. The SMILES string of the molecule is Clc1cccc(C2[NH2+]Cc3sccc3-n3cccc32)c1. The summed E-state index contributed by atoms with van der Waals surface area (Å²) in [5.74, 6) is 0. The van der Waals surface area contributed by atoms with Gasteiger partial charge in [-0.25, -0.2) is 0 Å². The van der Waals surface area contributed by atoms with Gasteiger partial charge in [0.05, 0.1) is 16.3 Å². The first kappa shape index (κ1) is 12.2. The Morgan fingerprint density at radius 2 is 2.15 bits per heavy atom. The third-order valence-electron chi connectivity index (χ3n) is 3.83. The van der Waals surface area contributed by atoms with Crippen molar-refractivity contribution >= 4 is 22.9 Å². The fourth-order valence-corrected chi connectivity index (χ4v) is 3.96. The van der Waals surface area contributed by atoms with Gasteiger partial charge in [0.2, 0.25) is 0 Å². The standard InChI is InChI=1S/C16H13ClN2S/c17-12-4-1-3-11(9-12)16-14-5-2-7-19(14)13-6-8-20-15(13)10-18-16/h1-9,16,18H,10H2/p+1. The molecule has 1 atom stereocenters. The smallest absolute Gasteiger partial charge is 0.153 e. The molecule has 1 aliphatic heterocycles. The first-order valence-electron chi connectivity index (χ1n) is 6.66. The van der Waals surface area contributed by atoms with Gasteiger partial charge < -0.3 is 9.88 Å². The highest BCUT2D eigenvalue weighted by Gasteiger charge is 2.26. The van der Waals surface area contributed by atoms with Gasteiger partial charge in [0, 0.05) is 16.8 Å². The van der Waals surface area contributed by atoms with E-state index in [1.165, 1.54) is 21.8 Å². The largest absolute Gasteiger partial charge is 0.331 e. The zero-order chi connectivity index (χ0) is 13.5. The molecular weight excluding hydrogens is 288 g/mol. The van der Waals surface area contributed by atoms with E-state index in [0.717, 1.165) is 11.6 Å². The lowest BCUT2D eigenvalue weighted by Gasteiger charge is -2.15. The zero-order valence-electron chi connectivity index (χ0n) is 10.8. The highest BCUT2D eigenvalue weighted by atomic mass is 35.5. The van der Waals surface area contributed by atoms with Crippen molar-refractivity contribution in [2.24, 2.45) is 0 Å². The van der Waals surface area contributed by atoms with Crippen molar-refractivity contribution in [2.45, 2.75) is 12.6 Å². The molecule has 1 aliphatic rings. The van der Waals surface area contributed by atoms with Crippen molar-refractivity contribution in [3.63, 3.8) is 0 Å². The van der Waals surface area contributed by atoms with Crippen LogP contribution in [0.5, 0.6) is 0 Å². The third-order valence-corrected chi connectivity index (χ3v) is 4.99. The van der Waals surface area contributed by atoms with Crippen LogP contribution in [-0.4, -0.2) is 4.57 Å². The fourth-order valence-electron chi connectivity index (χ4n) is 2.92. The van der Waals surface area contributed by atoms with Crippen molar-refractivity contribution in [1.29, 1.82) is 0 Å². The van der Waals surface area contributed by atoms with Crippen molar-refractivity contribution in [3.8, 4) is 5.69 Å². The first-order chi connectivity index (χ1) is 9.83. The van der Waals surface area contributed by atoms with Crippen LogP contribution in [0, 0.1) is 0 Å².